The fourth-order valence-electron chi connectivity index (χ4n) is 2.30. The van der Waals surface area contributed by atoms with Gasteiger partial charge in [0, 0.05) is 21.1 Å². The second kappa shape index (κ2) is 6.93. The molecule has 24 heavy (non-hydrogen) atoms. The summed E-state index contributed by atoms with van der Waals surface area (Å²) in [6.07, 6.45) is 0. The zero-order valence-corrected chi connectivity index (χ0v) is 14.9. The summed E-state index contributed by atoms with van der Waals surface area (Å²) in [7, 11) is 0. The highest BCUT2D eigenvalue weighted by Gasteiger charge is 2.21. The van der Waals surface area contributed by atoms with Crippen LogP contribution in [-0.2, 0) is 12.1 Å². The standard InChI is InChI=1S/C18H17Cl2N3O/c1-18(2,13-5-9-15(20)10-6-13)21-11-16-22-23-17(24-16)12-3-7-14(19)8-4-12/h3-10,21H,11H2,1-2H3. The molecular weight excluding hydrogens is 345 g/mol. The largest absolute Gasteiger partial charge is 0.419 e. The topological polar surface area (TPSA) is 51.0 Å². The number of hydrogen-bond acceptors (Lipinski definition) is 4. The summed E-state index contributed by atoms with van der Waals surface area (Å²) >= 11 is 11.8. The molecule has 1 aromatic heterocycles. The van der Waals surface area contributed by atoms with Crippen molar-refractivity contribution in [2.45, 2.75) is 25.9 Å². The number of rotatable bonds is 5. The predicted molar refractivity (Wildman–Crippen MR) is 96.1 cm³/mol. The summed E-state index contributed by atoms with van der Waals surface area (Å²) < 4.78 is 5.71. The third-order valence-corrected chi connectivity index (χ3v) is 4.31. The molecule has 1 N–H and O–H groups in total. The van der Waals surface area contributed by atoms with E-state index in [9.17, 15) is 0 Å². The molecule has 0 aliphatic carbocycles. The Labute approximate surface area is 150 Å². The molecule has 4 nitrogen and oxygen atoms in total. The smallest absolute Gasteiger partial charge is 0.247 e. The minimum Gasteiger partial charge on any atom is -0.419 e. The first-order valence-electron chi connectivity index (χ1n) is 7.53. The second-order valence-electron chi connectivity index (χ2n) is 5.99. The molecule has 0 saturated heterocycles. The summed E-state index contributed by atoms with van der Waals surface area (Å²) in [5.74, 6) is 1.01. The Hall–Kier alpha value is -1.88. The Morgan fingerprint density at radius 2 is 1.50 bits per heavy atom. The lowest BCUT2D eigenvalue weighted by Crippen LogP contribution is -2.36. The van der Waals surface area contributed by atoms with Gasteiger partial charge in [-0.25, -0.2) is 0 Å². The number of nitrogens with one attached hydrogen (secondary N) is 1. The first-order chi connectivity index (χ1) is 11.4. The van der Waals surface area contributed by atoms with Crippen LogP contribution in [0, 0.1) is 0 Å². The maximum atomic E-state index is 5.94. The van der Waals surface area contributed by atoms with Crippen LogP contribution in [0.4, 0.5) is 0 Å². The van der Waals surface area contributed by atoms with E-state index >= 15 is 0 Å². The molecule has 0 radical (unpaired) electrons. The molecule has 0 amide bonds. The van der Waals surface area contributed by atoms with Gasteiger partial charge in [0.2, 0.25) is 11.8 Å². The van der Waals surface area contributed by atoms with Gasteiger partial charge in [-0.3, -0.25) is 5.32 Å². The summed E-state index contributed by atoms with van der Waals surface area (Å²) in [4.78, 5) is 0. The van der Waals surface area contributed by atoms with Gasteiger partial charge < -0.3 is 4.42 Å². The third-order valence-electron chi connectivity index (χ3n) is 3.81. The summed E-state index contributed by atoms with van der Waals surface area (Å²) in [5.41, 5.74) is 1.72. The highest BCUT2D eigenvalue weighted by Crippen LogP contribution is 2.23. The fourth-order valence-corrected chi connectivity index (χ4v) is 2.55. The highest BCUT2D eigenvalue weighted by atomic mass is 35.5. The SMILES string of the molecule is CC(C)(NCc1nnc(-c2ccc(Cl)cc2)o1)c1ccc(Cl)cc1. The molecule has 0 saturated carbocycles. The van der Waals surface area contributed by atoms with Crippen LogP contribution in [0.2, 0.25) is 10.0 Å². The number of halogens is 2. The van der Waals surface area contributed by atoms with E-state index < -0.39 is 0 Å². The highest BCUT2D eigenvalue weighted by molar-refractivity contribution is 6.30. The maximum absolute atomic E-state index is 5.94. The van der Waals surface area contributed by atoms with E-state index in [4.69, 9.17) is 27.6 Å². The van der Waals surface area contributed by atoms with Gasteiger partial charge >= 0.3 is 0 Å². The first-order valence-corrected chi connectivity index (χ1v) is 8.29. The van der Waals surface area contributed by atoms with E-state index in [2.05, 4.69) is 29.4 Å². The van der Waals surface area contributed by atoms with E-state index in [1.807, 2.05) is 36.4 Å². The van der Waals surface area contributed by atoms with Crippen molar-refractivity contribution >= 4 is 23.2 Å². The Kier molecular flexibility index (Phi) is 4.90. The van der Waals surface area contributed by atoms with Crippen molar-refractivity contribution in [2.75, 3.05) is 0 Å². The summed E-state index contributed by atoms with van der Waals surface area (Å²) in [5, 5.41) is 13.0. The summed E-state index contributed by atoms with van der Waals surface area (Å²) in [6, 6.07) is 15.1. The Balaban J connectivity index is 1.68. The van der Waals surface area contributed by atoms with Crippen molar-refractivity contribution in [3.8, 4) is 11.5 Å². The van der Waals surface area contributed by atoms with Crippen molar-refractivity contribution < 1.29 is 4.42 Å². The van der Waals surface area contributed by atoms with Crippen molar-refractivity contribution in [2.24, 2.45) is 0 Å². The van der Waals surface area contributed by atoms with Crippen LogP contribution in [0.1, 0.15) is 25.3 Å². The van der Waals surface area contributed by atoms with Gasteiger partial charge in [-0.2, -0.15) is 0 Å². The van der Waals surface area contributed by atoms with Gasteiger partial charge in [-0.15, -0.1) is 10.2 Å². The lowest BCUT2D eigenvalue weighted by Gasteiger charge is -2.26. The molecule has 0 fully saturated rings. The minimum absolute atomic E-state index is 0.251. The molecule has 2 aromatic carbocycles. The fraction of sp³-hybridized carbons (Fsp3) is 0.222. The van der Waals surface area contributed by atoms with Gasteiger partial charge in [0.15, 0.2) is 0 Å². The van der Waals surface area contributed by atoms with Crippen LogP contribution in [0.15, 0.2) is 52.9 Å². The third kappa shape index (κ3) is 3.96. The van der Waals surface area contributed by atoms with Crippen LogP contribution in [0.25, 0.3) is 11.5 Å². The Morgan fingerprint density at radius 3 is 2.12 bits per heavy atom. The van der Waals surface area contributed by atoms with Crippen LogP contribution in [0.5, 0.6) is 0 Å². The molecule has 0 aliphatic heterocycles. The Morgan fingerprint density at radius 1 is 0.917 bits per heavy atom. The molecule has 3 rings (SSSR count). The molecule has 0 unspecified atom stereocenters. The Bertz CT molecular complexity index is 811. The lowest BCUT2D eigenvalue weighted by molar-refractivity contribution is 0.366. The molecule has 3 aromatic rings. The average Bonchev–Trinajstić information content (AvgIpc) is 3.03. The van der Waals surface area contributed by atoms with Gasteiger partial charge in [0.1, 0.15) is 0 Å². The van der Waals surface area contributed by atoms with Crippen molar-refractivity contribution in [3.63, 3.8) is 0 Å². The van der Waals surface area contributed by atoms with E-state index in [0.29, 0.717) is 23.3 Å². The van der Waals surface area contributed by atoms with Crippen LogP contribution in [-0.4, -0.2) is 10.2 Å². The van der Waals surface area contributed by atoms with Gasteiger partial charge in [-0.1, -0.05) is 35.3 Å². The quantitative estimate of drug-likeness (QED) is 0.689. The van der Waals surface area contributed by atoms with Gasteiger partial charge in [0.25, 0.3) is 0 Å². The van der Waals surface area contributed by atoms with Crippen molar-refractivity contribution in [1.29, 1.82) is 0 Å². The first kappa shape index (κ1) is 17.0. The van der Waals surface area contributed by atoms with Crippen LogP contribution >= 0.6 is 23.2 Å². The molecule has 0 bridgehead atoms. The lowest BCUT2D eigenvalue weighted by atomic mass is 9.94. The van der Waals surface area contributed by atoms with Crippen molar-refractivity contribution in [3.05, 3.63) is 70.0 Å². The number of nitrogens with zero attached hydrogens (tertiary/aromatic N) is 2. The normalized spacial score (nSPS) is 11.7. The molecule has 0 atom stereocenters. The average molecular weight is 362 g/mol. The van der Waals surface area contributed by atoms with E-state index in [-0.39, 0.29) is 5.54 Å². The van der Waals surface area contributed by atoms with Gasteiger partial charge in [-0.05, 0) is 55.8 Å². The molecule has 0 aliphatic rings. The minimum atomic E-state index is -0.251. The van der Waals surface area contributed by atoms with Crippen LogP contribution in [0.3, 0.4) is 0 Å². The molecule has 6 heteroatoms. The van der Waals surface area contributed by atoms with E-state index in [1.165, 1.54) is 0 Å². The molecule has 124 valence electrons. The predicted octanol–water partition coefficient (Wildman–Crippen LogP) is 5.07. The molecular formula is C18H17Cl2N3O. The zero-order valence-electron chi connectivity index (χ0n) is 13.4. The van der Waals surface area contributed by atoms with Crippen LogP contribution < -0.4 is 5.32 Å². The number of benzene rings is 2. The van der Waals surface area contributed by atoms with Crippen molar-refractivity contribution in [1.82, 2.24) is 15.5 Å². The molecule has 0 spiro atoms. The van der Waals surface area contributed by atoms with E-state index in [1.54, 1.807) is 12.1 Å². The van der Waals surface area contributed by atoms with Gasteiger partial charge in [0.05, 0.1) is 6.54 Å². The summed E-state index contributed by atoms with van der Waals surface area (Å²) in [6.45, 7) is 4.65. The maximum Gasteiger partial charge on any atom is 0.247 e. The molecule has 1 heterocycles. The zero-order chi connectivity index (χ0) is 17.2. The number of hydrogen-bond donors (Lipinski definition) is 1. The second-order valence-corrected chi connectivity index (χ2v) is 6.87. The monoisotopic (exact) mass is 361 g/mol. The van der Waals surface area contributed by atoms with E-state index in [0.717, 1.165) is 16.1 Å². The number of aromatic nitrogens is 2.